The van der Waals surface area contributed by atoms with Crippen LogP contribution in [0.5, 0.6) is 0 Å². The number of esters is 2. The Morgan fingerprint density at radius 2 is 1.67 bits per heavy atom. The van der Waals surface area contributed by atoms with Crippen LogP contribution in [-0.4, -0.2) is 34.7 Å². The number of carbonyl (C=O) groups excluding carboxylic acids is 2. The van der Waals surface area contributed by atoms with Gasteiger partial charge in [-0.1, -0.05) is 5.04 Å². The lowest BCUT2D eigenvalue weighted by Crippen LogP contribution is -2.53. The third-order valence-electron chi connectivity index (χ3n) is 5.04. The van der Waals surface area contributed by atoms with Crippen molar-refractivity contribution < 1.29 is 42.5 Å². The molecule has 0 unspecified atom stereocenters. The van der Waals surface area contributed by atoms with Crippen molar-refractivity contribution >= 4 is 24.0 Å². The molecule has 136 valence electrons. The van der Waals surface area contributed by atoms with Gasteiger partial charge in [0.05, 0.1) is 0 Å². The molecule has 0 radical (unpaired) electrons. The maximum Gasteiger partial charge on any atom is 0.415 e. The average Bonchev–Trinajstić information content (AvgIpc) is 2.48. The van der Waals surface area contributed by atoms with Crippen LogP contribution < -0.4 is 0 Å². The van der Waals surface area contributed by atoms with Crippen LogP contribution in [0.2, 0.25) is 0 Å². The molecule has 4 rings (SSSR count). The number of hydrogen-bond acceptors (Lipinski definition) is 8. The summed E-state index contributed by atoms with van der Waals surface area (Å²) in [5.41, 5.74) is -0.524. The molecule has 0 amide bonds. The molecule has 24 heavy (non-hydrogen) atoms. The summed E-state index contributed by atoms with van der Waals surface area (Å²) >= 11 is -0.739. The molecule has 10 heteroatoms. The van der Waals surface area contributed by atoms with Crippen molar-refractivity contribution in [3.8, 4) is 0 Å². The summed E-state index contributed by atoms with van der Waals surface area (Å²) in [6.45, 7) is -0.892. The maximum absolute atomic E-state index is 13.2. The van der Waals surface area contributed by atoms with Gasteiger partial charge in [0.15, 0.2) is 6.61 Å². The van der Waals surface area contributed by atoms with E-state index in [1.807, 2.05) is 0 Å². The quantitative estimate of drug-likeness (QED) is 0.317. The maximum atomic E-state index is 13.2. The lowest BCUT2D eigenvalue weighted by atomic mass is 9.54. The third-order valence-corrected chi connectivity index (χ3v) is 5.55. The van der Waals surface area contributed by atoms with Crippen molar-refractivity contribution in [3.63, 3.8) is 0 Å². The molecule has 4 fully saturated rings. The molecule has 1 N–H and O–H groups in total. The van der Waals surface area contributed by atoms with Gasteiger partial charge < -0.3 is 9.47 Å². The predicted octanol–water partition coefficient (Wildman–Crippen LogP) is 2.70. The van der Waals surface area contributed by atoms with Crippen molar-refractivity contribution in [1.29, 1.82) is 0 Å². The Bertz CT molecular complexity index is 478. The second-order valence-electron chi connectivity index (χ2n) is 6.89. The molecule has 4 aliphatic carbocycles. The van der Waals surface area contributed by atoms with E-state index >= 15 is 0 Å². The molecule has 0 aromatic rings. The van der Waals surface area contributed by atoms with E-state index in [2.05, 4.69) is 14.1 Å². The number of halogens is 2. The Hall–Kier alpha value is -0.970. The molecule has 4 aliphatic rings. The van der Waals surface area contributed by atoms with Gasteiger partial charge in [0.25, 0.3) is 0 Å². The normalized spacial score (nSPS) is 34.2. The Balaban J connectivity index is 1.49. The molecule has 0 aromatic heterocycles. The highest BCUT2D eigenvalue weighted by molar-refractivity contribution is 7.96. The van der Waals surface area contributed by atoms with Gasteiger partial charge in [-0.25, -0.2) is 14.8 Å². The van der Waals surface area contributed by atoms with Crippen LogP contribution in [0.15, 0.2) is 0 Å². The standard InChI is InChI=1S/C14H18F2O7S/c15-14(16,24-23-22-19)12(18)20-7-11(17)21-13-4-8-1-9(5-13)3-10(2-8)6-13/h8-10,19H,1-7H2. The second kappa shape index (κ2) is 6.74. The van der Waals surface area contributed by atoms with Crippen LogP contribution in [0, 0.1) is 17.8 Å². The van der Waals surface area contributed by atoms with Crippen LogP contribution >= 0.6 is 12.0 Å². The van der Waals surface area contributed by atoms with E-state index in [0.717, 1.165) is 19.3 Å². The minimum atomic E-state index is -4.12. The largest absolute Gasteiger partial charge is 0.457 e. The first-order valence-corrected chi connectivity index (χ1v) is 8.49. The van der Waals surface area contributed by atoms with Gasteiger partial charge in [0, 0.05) is 0 Å². The van der Waals surface area contributed by atoms with Crippen molar-refractivity contribution in [2.75, 3.05) is 6.61 Å². The lowest BCUT2D eigenvalue weighted by Gasteiger charge is -2.55. The van der Waals surface area contributed by atoms with E-state index in [1.54, 1.807) is 0 Å². The molecule has 4 saturated carbocycles. The molecule has 4 bridgehead atoms. The average molecular weight is 368 g/mol. The van der Waals surface area contributed by atoms with E-state index in [4.69, 9.17) is 9.99 Å². The first-order valence-electron chi connectivity index (χ1n) is 7.75. The lowest BCUT2D eigenvalue weighted by molar-refractivity contribution is -0.433. The summed E-state index contributed by atoms with van der Waals surface area (Å²) in [7, 11) is 0. The van der Waals surface area contributed by atoms with Gasteiger partial charge in [-0.3, -0.25) is 0 Å². The molecule has 0 aliphatic heterocycles. The summed E-state index contributed by atoms with van der Waals surface area (Å²) in [6.07, 6.45) is 5.90. The van der Waals surface area contributed by atoms with E-state index in [-0.39, 0.29) is 0 Å². The first-order chi connectivity index (χ1) is 11.3. The molecule has 0 spiro atoms. The Labute approximate surface area is 141 Å². The minimum absolute atomic E-state index is 0.524. The molecule has 7 nitrogen and oxygen atoms in total. The van der Waals surface area contributed by atoms with Crippen molar-refractivity contribution in [2.24, 2.45) is 17.8 Å². The monoisotopic (exact) mass is 368 g/mol. The second-order valence-corrected chi connectivity index (χ2v) is 7.71. The predicted molar refractivity (Wildman–Crippen MR) is 75.3 cm³/mol. The van der Waals surface area contributed by atoms with Crippen LogP contribution in [-0.2, 0) is 28.4 Å². The van der Waals surface area contributed by atoms with Gasteiger partial charge in [0.1, 0.15) is 17.6 Å². The zero-order valence-corrected chi connectivity index (χ0v) is 13.6. The van der Waals surface area contributed by atoms with E-state index in [0.29, 0.717) is 17.8 Å². The fraction of sp³-hybridized carbons (Fsp3) is 0.857. The summed E-state index contributed by atoms with van der Waals surface area (Å²) in [5, 5.41) is 6.69. The number of hydrogen-bond donors (Lipinski definition) is 1. The summed E-state index contributed by atoms with van der Waals surface area (Å²) in [5.74, 6) is -1.13. The number of carbonyl (C=O) groups is 2. The van der Waals surface area contributed by atoms with Crippen LogP contribution in [0.4, 0.5) is 8.78 Å². The van der Waals surface area contributed by atoms with E-state index in [1.165, 1.54) is 19.3 Å². The third kappa shape index (κ3) is 3.81. The van der Waals surface area contributed by atoms with Crippen LogP contribution in [0.3, 0.4) is 0 Å². The molecule has 0 saturated heterocycles. The smallest absolute Gasteiger partial charge is 0.415 e. The SMILES string of the molecule is O=C(COC(=O)C(F)(F)SOOO)OC12CC3CC(CC(C3)C1)C2. The Morgan fingerprint density at radius 1 is 1.12 bits per heavy atom. The zero-order valence-electron chi connectivity index (χ0n) is 12.7. The topological polar surface area (TPSA) is 91.3 Å². The highest BCUT2D eigenvalue weighted by Gasteiger charge is 2.53. The molecule has 0 heterocycles. The number of ether oxygens (including phenoxy) is 2. The Kier molecular flexibility index (Phi) is 5.01. The molecular formula is C14H18F2O7S. The molecule has 0 aromatic carbocycles. The summed E-state index contributed by atoms with van der Waals surface area (Å²) in [4.78, 5) is 23.1. The highest BCUT2D eigenvalue weighted by atomic mass is 32.2. The fourth-order valence-corrected chi connectivity index (χ4v) is 4.97. The van der Waals surface area contributed by atoms with Crippen LogP contribution in [0.25, 0.3) is 0 Å². The first kappa shape index (κ1) is 17.8. The van der Waals surface area contributed by atoms with E-state index < -0.39 is 41.4 Å². The number of alkyl halides is 2. The number of rotatable bonds is 7. The zero-order chi connectivity index (χ0) is 17.4. The van der Waals surface area contributed by atoms with Crippen molar-refractivity contribution in [1.82, 2.24) is 0 Å². The van der Waals surface area contributed by atoms with Gasteiger partial charge >= 0.3 is 17.2 Å². The van der Waals surface area contributed by atoms with Crippen LogP contribution in [0.1, 0.15) is 38.5 Å². The van der Waals surface area contributed by atoms with Gasteiger partial charge in [-0.2, -0.15) is 8.78 Å². The molecular weight excluding hydrogens is 350 g/mol. The van der Waals surface area contributed by atoms with Gasteiger partial charge in [-0.05, 0) is 56.3 Å². The minimum Gasteiger partial charge on any atom is -0.457 e. The van der Waals surface area contributed by atoms with E-state index in [9.17, 15) is 18.4 Å². The van der Waals surface area contributed by atoms with Gasteiger partial charge in [-0.15, -0.1) is 4.33 Å². The summed E-state index contributed by atoms with van der Waals surface area (Å²) in [6, 6.07) is 0. The van der Waals surface area contributed by atoms with Crippen molar-refractivity contribution in [2.45, 2.75) is 49.4 Å². The fourth-order valence-electron chi connectivity index (χ4n) is 4.73. The highest BCUT2D eigenvalue weighted by Crippen LogP contribution is 2.57. The van der Waals surface area contributed by atoms with Crippen molar-refractivity contribution in [3.05, 3.63) is 0 Å². The van der Waals surface area contributed by atoms with Gasteiger partial charge in [0.2, 0.25) is 0 Å². The molecule has 0 atom stereocenters. The summed E-state index contributed by atoms with van der Waals surface area (Å²) < 4.78 is 39.7. The Morgan fingerprint density at radius 3 is 2.17 bits per heavy atom.